The summed E-state index contributed by atoms with van der Waals surface area (Å²) >= 11 is 0. The molecule has 1 amide bonds. The van der Waals surface area contributed by atoms with Crippen LogP contribution in [0.2, 0.25) is 0 Å². The van der Waals surface area contributed by atoms with Gasteiger partial charge in [-0.3, -0.25) is 14.9 Å². The van der Waals surface area contributed by atoms with Crippen molar-refractivity contribution in [3.8, 4) is 0 Å². The van der Waals surface area contributed by atoms with Crippen LogP contribution < -0.4 is 10.5 Å². The number of carbonyl (C=O) groups excluding carboxylic acids is 1. The molecule has 1 aromatic carbocycles. The lowest BCUT2D eigenvalue weighted by Gasteiger charge is -2.39. The maximum absolute atomic E-state index is 13.9. The molecular formula is C17H17FN4O6S. The van der Waals surface area contributed by atoms with Crippen molar-refractivity contribution in [3.63, 3.8) is 0 Å². The van der Waals surface area contributed by atoms with Crippen LogP contribution in [0.15, 0.2) is 41.3 Å². The molecule has 29 heavy (non-hydrogen) atoms. The number of nitrogens with one attached hydrogen (secondary N) is 1. The van der Waals surface area contributed by atoms with E-state index in [9.17, 15) is 32.8 Å². The summed E-state index contributed by atoms with van der Waals surface area (Å²) < 4.78 is 42.0. The standard InChI is InChI=1S/C17H17FN4O6S/c18-14-6-5-10-11(16(19)24)7-8-17(9-23,15(10)20-14)21-29(27,28)13-4-2-1-3-12(13)22(25)26/h1-6,11,21,23H,7-9H2,(H2,19,24). The van der Waals surface area contributed by atoms with Crippen molar-refractivity contribution in [3.05, 3.63) is 63.7 Å². The molecular weight excluding hydrogens is 407 g/mol. The Morgan fingerprint density at radius 2 is 2.07 bits per heavy atom. The highest BCUT2D eigenvalue weighted by atomic mass is 32.2. The first kappa shape index (κ1) is 20.8. The minimum absolute atomic E-state index is 0.0651. The molecule has 0 aliphatic heterocycles. The van der Waals surface area contributed by atoms with E-state index in [1.54, 1.807) is 0 Å². The van der Waals surface area contributed by atoms with Crippen LogP contribution in [0.4, 0.5) is 10.1 Å². The van der Waals surface area contributed by atoms with Gasteiger partial charge in [-0.15, -0.1) is 0 Å². The summed E-state index contributed by atoms with van der Waals surface area (Å²) in [5, 5.41) is 21.3. The summed E-state index contributed by atoms with van der Waals surface area (Å²) in [5.41, 5.74) is 2.94. The molecule has 0 saturated heterocycles. The number of aliphatic hydroxyl groups excluding tert-OH is 1. The number of aromatic nitrogens is 1. The second-order valence-electron chi connectivity index (χ2n) is 6.64. The summed E-state index contributed by atoms with van der Waals surface area (Å²) in [7, 11) is -4.53. The maximum Gasteiger partial charge on any atom is 0.289 e. The first-order chi connectivity index (χ1) is 13.6. The Hall–Kier alpha value is -2.96. The quantitative estimate of drug-likeness (QED) is 0.348. The zero-order valence-corrected chi connectivity index (χ0v) is 15.7. The Labute approximate surface area is 164 Å². The summed E-state index contributed by atoms with van der Waals surface area (Å²) in [6.45, 7) is -0.818. The van der Waals surface area contributed by atoms with Gasteiger partial charge in [-0.25, -0.2) is 13.4 Å². The van der Waals surface area contributed by atoms with Gasteiger partial charge in [0.2, 0.25) is 21.9 Å². The Balaban J connectivity index is 2.14. The number of carbonyl (C=O) groups is 1. The van der Waals surface area contributed by atoms with Gasteiger partial charge in [-0.2, -0.15) is 9.11 Å². The third-order valence-electron chi connectivity index (χ3n) is 4.88. The molecule has 2 atom stereocenters. The first-order valence-corrected chi connectivity index (χ1v) is 9.94. The number of rotatable bonds is 6. The maximum atomic E-state index is 13.9. The van der Waals surface area contributed by atoms with E-state index in [0.717, 1.165) is 18.2 Å². The molecule has 0 radical (unpaired) electrons. The van der Waals surface area contributed by atoms with Gasteiger partial charge in [0.15, 0.2) is 4.90 Å². The van der Waals surface area contributed by atoms with Crippen molar-refractivity contribution in [2.75, 3.05) is 6.61 Å². The second-order valence-corrected chi connectivity index (χ2v) is 8.29. The van der Waals surface area contributed by atoms with E-state index in [-0.39, 0.29) is 24.1 Å². The number of nitrogens with two attached hydrogens (primary N) is 1. The van der Waals surface area contributed by atoms with Gasteiger partial charge in [-0.1, -0.05) is 18.2 Å². The van der Waals surface area contributed by atoms with Gasteiger partial charge in [0.25, 0.3) is 5.69 Å². The van der Waals surface area contributed by atoms with Crippen LogP contribution in [-0.2, 0) is 20.4 Å². The Kier molecular flexibility index (Phi) is 5.34. The summed E-state index contributed by atoms with van der Waals surface area (Å²) in [6, 6.07) is 6.94. The molecule has 3 rings (SSSR count). The van der Waals surface area contributed by atoms with E-state index in [2.05, 4.69) is 9.71 Å². The third-order valence-corrected chi connectivity index (χ3v) is 6.46. The van der Waals surface area contributed by atoms with E-state index in [4.69, 9.17) is 5.73 Å². The number of nitrogens with zero attached hydrogens (tertiary/aromatic N) is 2. The van der Waals surface area contributed by atoms with Crippen molar-refractivity contribution in [2.45, 2.75) is 29.2 Å². The second kappa shape index (κ2) is 7.46. The number of primary amides is 1. The molecule has 2 aromatic rings. The van der Waals surface area contributed by atoms with Gasteiger partial charge in [0, 0.05) is 6.07 Å². The lowest BCUT2D eigenvalue weighted by molar-refractivity contribution is -0.387. The van der Waals surface area contributed by atoms with Crippen molar-refractivity contribution in [1.82, 2.24) is 9.71 Å². The lowest BCUT2D eigenvalue weighted by atomic mass is 9.75. The van der Waals surface area contributed by atoms with E-state index < -0.39 is 55.4 Å². The zero-order chi connectivity index (χ0) is 21.4. The molecule has 10 nitrogen and oxygen atoms in total. The SMILES string of the molecule is NC(=O)C1CCC(CO)(NS(=O)(=O)c2ccccc2[N+](=O)[O-])c2nc(F)ccc21. The molecule has 1 aliphatic carbocycles. The van der Waals surface area contributed by atoms with Crippen LogP contribution in [0.25, 0.3) is 0 Å². The molecule has 0 fully saturated rings. The van der Waals surface area contributed by atoms with Crippen molar-refractivity contribution < 1.29 is 27.6 Å². The third kappa shape index (κ3) is 3.69. The number of halogens is 1. The van der Waals surface area contributed by atoms with E-state index in [0.29, 0.717) is 0 Å². The lowest BCUT2D eigenvalue weighted by Crippen LogP contribution is -2.52. The van der Waals surface area contributed by atoms with E-state index in [1.807, 2.05) is 0 Å². The minimum Gasteiger partial charge on any atom is -0.394 e. The highest BCUT2D eigenvalue weighted by Gasteiger charge is 2.46. The fraction of sp³-hybridized carbons (Fsp3) is 0.294. The van der Waals surface area contributed by atoms with Crippen molar-refractivity contribution >= 4 is 21.6 Å². The van der Waals surface area contributed by atoms with Crippen LogP contribution in [-0.4, -0.2) is 35.9 Å². The number of amides is 1. The molecule has 12 heteroatoms. The van der Waals surface area contributed by atoms with Gasteiger partial charge in [-0.05, 0) is 30.5 Å². The Morgan fingerprint density at radius 1 is 1.38 bits per heavy atom. The largest absolute Gasteiger partial charge is 0.394 e. The topological polar surface area (TPSA) is 166 Å². The van der Waals surface area contributed by atoms with E-state index >= 15 is 0 Å². The predicted octanol–water partition coefficient (Wildman–Crippen LogP) is 0.658. The van der Waals surface area contributed by atoms with Crippen LogP contribution in [0, 0.1) is 16.1 Å². The van der Waals surface area contributed by atoms with Gasteiger partial charge >= 0.3 is 0 Å². The van der Waals surface area contributed by atoms with E-state index in [1.165, 1.54) is 18.2 Å². The Bertz CT molecular complexity index is 1090. The number of sulfonamides is 1. The van der Waals surface area contributed by atoms with Gasteiger partial charge in [0.1, 0.15) is 0 Å². The number of nitro groups is 1. The molecule has 154 valence electrons. The average Bonchev–Trinajstić information content (AvgIpc) is 2.67. The molecule has 0 saturated carbocycles. The van der Waals surface area contributed by atoms with Gasteiger partial charge in [0.05, 0.1) is 28.7 Å². The van der Waals surface area contributed by atoms with Crippen LogP contribution in [0.1, 0.15) is 30.0 Å². The molecule has 0 spiro atoms. The Morgan fingerprint density at radius 3 is 2.69 bits per heavy atom. The number of para-hydroxylation sites is 1. The van der Waals surface area contributed by atoms with Crippen molar-refractivity contribution in [1.29, 1.82) is 0 Å². The van der Waals surface area contributed by atoms with Gasteiger partial charge < -0.3 is 10.8 Å². The average molecular weight is 424 g/mol. The number of nitro benzene ring substituents is 1. The fourth-order valence-corrected chi connectivity index (χ4v) is 5.07. The van der Waals surface area contributed by atoms with Crippen LogP contribution in [0.5, 0.6) is 0 Å². The number of pyridine rings is 1. The molecule has 0 bridgehead atoms. The monoisotopic (exact) mass is 424 g/mol. The summed E-state index contributed by atoms with van der Waals surface area (Å²) in [4.78, 5) is 25.2. The minimum atomic E-state index is -4.53. The highest BCUT2D eigenvalue weighted by Crippen LogP contribution is 2.41. The molecule has 4 N–H and O–H groups in total. The molecule has 1 aromatic heterocycles. The number of aliphatic hydroxyl groups is 1. The number of hydrogen-bond donors (Lipinski definition) is 3. The smallest absolute Gasteiger partial charge is 0.289 e. The highest BCUT2D eigenvalue weighted by molar-refractivity contribution is 7.89. The fourth-order valence-electron chi connectivity index (χ4n) is 3.50. The molecule has 2 unspecified atom stereocenters. The molecule has 1 heterocycles. The van der Waals surface area contributed by atoms with Crippen LogP contribution in [0.3, 0.4) is 0 Å². The number of hydrogen-bond acceptors (Lipinski definition) is 7. The predicted molar refractivity (Wildman–Crippen MR) is 97.5 cm³/mol. The first-order valence-electron chi connectivity index (χ1n) is 8.46. The number of fused-ring (bicyclic) bond motifs is 1. The molecule has 1 aliphatic rings. The zero-order valence-electron chi connectivity index (χ0n) is 14.9. The summed E-state index contributed by atoms with van der Waals surface area (Å²) in [5.74, 6) is -2.49. The normalized spacial score (nSPS) is 21.4. The summed E-state index contributed by atoms with van der Waals surface area (Å²) in [6.07, 6.45) is -0.0595. The van der Waals surface area contributed by atoms with Crippen LogP contribution >= 0.6 is 0 Å². The number of benzene rings is 1. The van der Waals surface area contributed by atoms with Crippen molar-refractivity contribution in [2.24, 2.45) is 5.73 Å².